The van der Waals surface area contributed by atoms with E-state index < -0.39 is 25.1 Å². The smallest absolute Gasteiger partial charge is 0.332 e. The van der Waals surface area contributed by atoms with Crippen LogP contribution in [0.1, 0.15) is 24.0 Å². The molecule has 3 rings (SSSR count). The van der Waals surface area contributed by atoms with Gasteiger partial charge in [-0.2, -0.15) is 8.42 Å². The number of fused-ring (bicyclic) bond motifs is 1. The number of pyridine rings is 1. The van der Waals surface area contributed by atoms with E-state index in [1.54, 1.807) is 6.07 Å². The lowest BCUT2D eigenvalue weighted by molar-refractivity contribution is 0.400. The van der Waals surface area contributed by atoms with Gasteiger partial charge in [0, 0.05) is 6.20 Å². The molecule has 0 fully saturated rings. The van der Waals surface area contributed by atoms with Gasteiger partial charge in [-0.15, -0.1) is 3.89 Å². The van der Waals surface area contributed by atoms with Crippen molar-refractivity contribution in [3.63, 3.8) is 0 Å². The lowest BCUT2D eigenvalue weighted by Crippen LogP contribution is -2.19. The average Bonchev–Trinajstić information content (AvgIpc) is 2.60. The van der Waals surface area contributed by atoms with Crippen molar-refractivity contribution in [2.75, 3.05) is 11.8 Å². The Hall–Kier alpha value is -2.20. The first kappa shape index (κ1) is 18.6. The molecular formula is C16H17FN2O5S2. The molecule has 0 radical (unpaired) electrons. The second-order valence-electron chi connectivity index (χ2n) is 5.83. The fraction of sp³-hybridized carbons (Fsp3) is 0.312. The van der Waals surface area contributed by atoms with Gasteiger partial charge < -0.3 is 4.74 Å². The molecule has 1 N–H and O–H groups in total. The third-order valence-electron chi connectivity index (χ3n) is 4.21. The van der Waals surface area contributed by atoms with Gasteiger partial charge in [0.1, 0.15) is 10.6 Å². The van der Waals surface area contributed by atoms with Crippen LogP contribution in [0.25, 0.3) is 0 Å². The number of aromatic nitrogens is 1. The van der Waals surface area contributed by atoms with E-state index in [9.17, 15) is 20.7 Å². The fourth-order valence-electron chi connectivity index (χ4n) is 3.11. The molecule has 26 heavy (non-hydrogen) atoms. The monoisotopic (exact) mass is 400 g/mol. The Bertz CT molecular complexity index is 1050. The number of nitrogens with one attached hydrogen (secondary N) is 1. The van der Waals surface area contributed by atoms with E-state index in [1.165, 1.54) is 19.4 Å². The van der Waals surface area contributed by atoms with Gasteiger partial charge in [-0.25, -0.2) is 13.4 Å². The number of hydrogen-bond acceptors (Lipinski definition) is 6. The van der Waals surface area contributed by atoms with Crippen molar-refractivity contribution in [3.05, 3.63) is 41.6 Å². The minimum atomic E-state index is -4.92. The summed E-state index contributed by atoms with van der Waals surface area (Å²) < 4.78 is 69.5. The van der Waals surface area contributed by atoms with E-state index in [-0.39, 0.29) is 22.0 Å². The van der Waals surface area contributed by atoms with Crippen LogP contribution >= 0.6 is 0 Å². The topological polar surface area (TPSA) is 102 Å². The third kappa shape index (κ3) is 3.51. The minimum Gasteiger partial charge on any atom is -0.480 e. The molecule has 0 atom stereocenters. The van der Waals surface area contributed by atoms with Crippen molar-refractivity contribution < 1.29 is 25.5 Å². The van der Waals surface area contributed by atoms with Crippen molar-refractivity contribution >= 4 is 25.9 Å². The van der Waals surface area contributed by atoms with Crippen molar-refractivity contribution in [1.29, 1.82) is 0 Å². The molecule has 1 aliphatic carbocycles. The zero-order valence-corrected chi connectivity index (χ0v) is 15.5. The van der Waals surface area contributed by atoms with E-state index in [4.69, 9.17) is 4.74 Å². The molecule has 10 heteroatoms. The highest BCUT2D eigenvalue weighted by Crippen LogP contribution is 2.34. The predicted molar refractivity (Wildman–Crippen MR) is 93.0 cm³/mol. The van der Waals surface area contributed by atoms with Crippen molar-refractivity contribution in [1.82, 2.24) is 4.98 Å². The summed E-state index contributed by atoms with van der Waals surface area (Å²) in [6.07, 6.45) is 3.50. The summed E-state index contributed by atoms with van der Waals surface area (Å²) in [5, 5.41) is 0. The second kappa shape index (κ2) is 6.84. The summed E-state index contributed by atoms with van der Waals surface area (Å²) in [7, 11) is -7.59. The van der Waals surface area contributed by atoms with Gasteiger partial charge in [0.2, 0.25) is 5.88 Å². The summed E-state index contributed by atoms with van der Waals surface area (Å²) in [4.78, 5) is 3.41. The maximum atomic E-state index is 13.6. The number of ether oxygens (including phenoxy) is 1. The first-order chi connectivity index (χ1) is 12.2. The Morgan fingerprint density at radius 2 is 1.65 bits per heavy atom. The number of benzene rings is 1. The quantitative estimate of drug-likeness (QED) is 0.774. The molecule has 1 aliphatic rings. The summed E-state index contributed by atoms with van der Waals surface area (Å²) >= 11 is 0. The zero-order chi connectivity index (χ0) is 18.9. The molecular weight excluding hydrogens is 383 g/mol. The summed E-state index contributed by atoms with van der Waals surface area (Å²) in [6, 6.07) is 5.18. The van der Waals surface area contributed by atoms with Crippen LogP contribution in [0.4, 0.5) is 9.57 Å². The molecule has 0 saturated carbocycles. The maximum absolute atomic E-state index is 13.6. The Kier molecular flexibility index (Phi) is 4.89. The van der Waals surface area contributed by atoms with Crippen LogP contribution in [-0.2, 0) is 33.1 Å². The van der Waals surface area contributed by atoms with Gasteiger partial charge in [-0.05, 0) is 61.1 Å². The van der Waals surface area contributed by atoms with Crippen LogP contribution in [-0.4, -0.2) is 28.9 Å². The van der Waals surface area contributed by atoms with Crippen LogP contribution < -0.4 is 9.46 Å². The van der Waals surface area contributed by atoms with Gasteiger partial charge in [-0.3, -0.25) is 4.72 Å². The molecule has 1 aromatic heterocycles. The number of sulfonamides is 1. The summed E-state index contributed by atoms with van der Waals surface area (Å²) in [5.74, 6) is 0.105. The Balaban J connectivity index is 2.11. The molecule has 0 bridgehead atoms. The van der Waals surface area contributed by atoms with E-state index in [0.717, 1.165) is 12.1 Å². The van der Waals surface area contributed by atoms with Gasteiger partial charge in [0.15, 0.2) is 0 Å². The number of halogens is 1. The van der Waals surface area contributed by atoms with E-state index in [1.807, 2.05) is 0 Å². The minimum absolute atomic E-state index is 0.0643. The largest absolute Gasteiger partial charge is 0.480 e. The molecule has 0 spiro atoms. The van der Waals surface area contributed by atoms with Crippen molar-refractivity contribution in [2.45, 2.75) is 35.5 Å². The summed E-state index contributed by atoms with van der Waals surface area (Å²) in [6.45, 7) is 0. The summed E-state index contributed by atoms with van der Waals surface area (Å²) in [5.41, 5.74) is 0.729. The molecule has 7 nitrogen and oxygen atoms in total. The number of methoxy groups -OCH3 is 1. The van der Waals surface area contributed by atoms with Crippen molar-refractivity contribution in [2.24, 2.45) is 0 Å². The molecule has 1 heterocycles. The van der Waals surface area contributed by atoms with Crippen molar-refractivity contribution in [3.8, 4) is 5.88 Å². The molecule has 0 amide bonds. The normalized spacial score (nSPS) is 14.5. The van der Waals surface area contributed by atoms with Crippen LogP contribution in [0.3, 0.4) is 0 Å². The SMILES string of the molecule is COc1ncccc1NS(=O)(=O)c1ccc(S(=O)(=O)F)c2c1CCCC2. The zero-order valence-electron chi connectivity index (χ0n) is 13.9. The van der Waals surface area contributed by atoms with Crippen LogP contribution in [0, 0.1) is 0 Å². The van der Waals surface area contributed by atoms with Crippen LogP contribution in [0.5, 0.6) is 5.88 Å². The Morgan fingerprint density at radius 1 is 1.04 bits per heavy atom. The molecule has 0 aliphatic heterocycles. The van der Waals surface area contributed by atoms with E-state index in [2.05, 4.69) is 9.71 Å². The van der Waals surface area contributed by atoms with E-state index in [0.29, 0.717) is 31.2 Å². The van der Waals surface area contributed by atoms with E-state index >= 15 is 0 Å². The van der Waals surface area contributed by atoms with Gasteiger partial charge >= 0.3 is 10.2 Å². The van der Waals surface area contributed by atoms with Crippen LogP contribution in [0.2, 0.25) is 0 Å². The number of anilines is 1. The molecule has 0 saturated heterocycles. The molecule has 0 unspecified atom stereocenters. The Labute approximate surface area is 151 Å². The fourth-order valence-corrected chi connectivity index (χ4v) is 5.21. The average molecular weight is 400 g/mol. The first-order valence-electron chi connectivity index (χ1n) is 7.85. The lowest BCUT2D eigenvalue weighted by atomic mass is 9.92. The highest BCUT2D eigenvalue weighted by atomic mass is 32.3. The third-order valence-corrected chi connectivity index (χ3v) is 6.57. The predicted octanol–water partition coefficient (Wildman–Crippen LogP) is 2.43. The first-order valence-corrected chi connectivity index (χ1v) is 10.7. The van der Waals surface area contributed by atoms with Crippen LogP contribution in [0.15, 0.2) is 40.3 Å². The second-order valence-corrected chi connectivity index (χ2v) is 8.80. The standard InChI is InChI=1S/C16H17FN2O5S2/c1-24-16-13(7-4-10-18-16)19-26(22,23)15-9-8-14(25(17,20)21)11-5-2-3-6-12(11)15/h4,7-10,19H,2-3,5-6H2,1H3. The number of rotatable bonds is 5. The molecule has 140 valence electrons. The molecule has 1 aromatic carbocycles. The number of nitrogens with zero attached hydrogens (tertiary/aromatic N) is 1. The molecule has 2 aromatic rings. The highest BCUT2D eigenvalue weighted by molar-refractivity contribution is 7.92. The highest BCUT2D eigenvalue weighted by Gasteiger charge is 2.29. The van der Waals surface area contributed by atoms with Gasteiger partial charge in [-0.1, -0.05) is 0 Å². The van der Waals surface area contributed by atoms with Gasteiger partial charge in [0.25, 0.3) is 10.0 Å². The van der Waals surface area contributed by atoms with Gasteiger partial charge in [0.05, 0.1) is 12.0 Å². The Morgan fingerprint density at radius 3 is 2.27 bits per heavy atom. The lowest BCUT2D eigenvalue weighted by Gasteiger charge is -2.21. The maximum Gasteiger partial charge on any atom is 0.332 e. The number of hydrogen-bond donors (Lipinski definition) is 1.